The normalized spacial score (nSPS) is 20.7. The molecular weight excluding hydrogens is 322 g/mol. The second-order valence-electron chi connectivity index (χ2n) is 7.34. The first-order valence-electron chi connectivity index (χ1n) is 9.42. The van der Waals surface area contributed by atoms with E-state index in [4.69, 9.17) is 0 Å². The molecule has 1 aliphatic rings. The zero-order chi connectivity index (χ0) is 18.5. The number of piperidine rings is 1. The molecular formula is C23H27NO2. The van der Waals surface area contributed by atoms with Crippen LogP contribution in [0.4, 0.5) is 0 Å². The summed E-state index contributed by atoms with van der Waals surface area (Å²) in [6.45, 7) is 2.84. The summed E-state index contributed by atoms with van der Waals surface area (Å²) in [4.78, 5) is 25.7. The van der Waals surface area contributed by atoms with Gasteiger partial charge in [-0.15, -0.1) is 0 Å². The first-order valence-corrected chi connectivity index (χ1v) is 9.42. The number of rotatable bonds is 6. The van der Waals surface area contributed by atoms with Crippen LogP contribution >= 0.6 is 0 Å². The van der Waals surface area contributed by atoms with Gasteiger partial charge in [0.05, 0.1) is 6.04 Å². The summed E-state index contributed by atoms with van der Waals surface area (Å²) < 4.78 is 0. The van der Waals surface area contributed by atoms with Crippen LogP contribution in [0.25, 0.3) is 11.1 Å². The third kappa shape index (κ3) is 4.10. The number of nitrogens with zero attached hydrogens (tertiary/aromatic N) is 1. The molecule has 0 amide bonds. The molecule has 1 fully saturated rings. The molecule has 0 spiro atoms. The Balaban J connectivity index is 1.65. The van der Waals surface area contributed by atoms with Gasteiger partial charge in [-0.25, -0.2) is 0 Å². The molecule has 3 nitrogen and oxygen atoms in total. The van der Waals surface area contributed by atoms with E-state index in [1.807, 2.05) is 18.0 Å². The van der Waals surface area contributed by atoms with E-state index < -0.39 is 0 Å². The van der Waals surface area contributed by atoms with Crippen molar-refractivity contribution in [3.63, 3.8) is 0 Å². The highest BCUT2D eigenvalue weighted by Crippen LogP contribution is 2.27. The van der Waals surface area contributed by atoms with Crippen LogP contribution in [0, 0.1) is 12.8 Å². The molecule has 1 saturated heterocycles. The Morgan fingerprint density at radius 2 is 1.88 bits per heavy atom. The lowest BCUT2D eigenvalue weighted by Crippen LogP contribution is -2.43. The summed E-state index contributed by atoms with van der Waals surface area (Å²) in [6, 6.07) is 16.7. The number of hydrogen-bond acceptors (Lipinski definition) is 3. The highest BCUT2D eigenvalue weighted by Gasteiger charge is 2.29. The Hall–Kier alpha value is -2.26. The minimum absolute atomic E-state index is 0.0242. The summed E-state index contributed by atoms with van der Waals surface area (Å²) >= 11 is 0. The first kappa shape index (κ1) is 18.5. The van der Waals surface area contributed by atoms with Gasteiger partial charge in [-0.1, -0.05) is 48.5 Å². The lowest BCUT2D eigenvalue weighted by atomic mass is 9.87. The molecule has 136 valence electrons. The van der Waals surface area contributed by atoms with Gasteiger partial charge < -0.3 is 4.79 Å². The van der Waals surface area contributed by atoms with Crippen molar-refractivity contribution in [2.75, 3.05) is 13.6 Å². The number of benzene rings is 2. The lowest BCUT2D eigenvalue weighted by molar-refractivity contribution is -0.126. The number of aldehydes is 1. The predicted molar refractivity (Wildman–Crippen MR) is 105 cm³/mol. The quantitative estimate of drug-likeness (QED) is 0.738. The van der Waals surface area contributed by atoms with E-state index in [0.717, 1.165) is 25.5 Å². The Kier molecular flexibility index (Phi) is 6.00. The molecule has 0 aliphatic carbocycles. The molecule has 2 aromatic carbocycles. The van der Waals surface area contributed by atoms with Crippen LogP contribution < -0.4 is 0 Å². The number of likely N-dealkylation sites (N-methyl/N-ethyl adjacent to an activating group) is 1. The largest absolute Gasteiger partial charge is 0.302 e. The fourth-order valence-corrected chi connectivity index (χ4v) is 3.95. The van der Waals surface area contributed by atoms with Crippen molar-refractivity contribution in [3.05, 3.63) is 59.7 Å². The zero-order valence-corrected chi connectivity index (χ0v) is 15.7. The number of aryl methyl sites for hydroxylation is 1. The van der Waals surface area contributed by atoms with E-state index in [1.54, 1.807) is 0 Å². The molecule has 0 saturated carbocycles. The number of Topliss-reactive ketones (excluding diaryl/α,β-unsaturated/α-hetero) is 1. The van der Waals surface area contributed by atoms with E-state index in [2.05, 4.69) is 49.4 Å². The fraction of sp³-hybridized carbons (Fsp3) is 0.391. The smallest absolute Gasteiger partial charge is 0.137 e. The van der Waals surface area contributed by atoms with Gasteiger partial charge >= 0.3 is 0 Å². The Labute approximate surface area is 156 Å². The number of carbonyl (C=O) groups excluding carboxylic acids is 2. The van der Waals surface area contributed by atoms with Gasteiger partial charge in [0, 0.05) is 18.9 Å². The Bertz CT molecular complexity index is 769. The second kappa shape index (κ2) is 8.41. The minimum Gasteiger partial charge on any atom is -0.302 e. The predicted octanol–water partition coefficient (Wildman–Crippen LogP) is 4.07. The Morgan fingerprint density at radius 1 is 1.12 bits per heavy atom. The fourth-order valence-electron chi connectivity index (χ4n) is 3.95. The molecule has 1 heterocycles. The molecule has 1 aliphatic heterocycles. The van der Waals surface area contributed by atoms with Crippen LogP contribution in [-0.2, 0) is 16.0 Å². The molecule has 3 rings (SSSR count). The number of likely N-dealkylation sites (tertiary alicyclic amines) is 1. The van der Waals surface area contributed by atoms with Gasteiger partial charge in [0.25, 0.3) is 0 Å². The van der Waals surface area contributed by atoms with Crippen molar-refractivity contribution in [3.8, 4) is 11.1 Å². The van der Waals surface area contributed by atoms with Crippen LogP contribution in [-0.4, -0.2) is 36.6 Å². The van der Waals surface area contributed by atoms with E-state index in [9.17, 15) is 9.59 Å². The van der Waals surface area contributed by atoms with E-state index in [-0.39, 0.29) is 12.0 Å². The molecule has 2 unspecified atom stereocenters. The van der Waals surface area contributed by atoms with E-state index in [1.165, 1.54) is 22.3 Å². The van der Waals surface area contributed by atoms with E-state index >= 15 is 0 Å². The second-order valence-corrected chi connectivity index (χ2v) is 7.34. The first-order chi connectivity index (χ1) is 12.6. The SMILES string of the molecule is Cc1c(CCC(=O)C2CCC(C=O)N(C)C2)cccc1-c1ccccc1. The molecule has 0 aromatic heterocycles. The number of carbonyl (C=O) groups is 2. The maximum absolute atomic E-state index is 12.7. The highest BCUT2D eigenvalue weighted by atomic mass is 16.1. The molecule has 0 radical (unpaired) electrons. The molecule has 0 N–H and O–H groups in total. The van der Waals surface area contributed by atoms with Gasteiger partial charge in [-0.3, -0.25) is 9.69 Å². The Morgan fingerprint density at radius 3 is 2.58 bits per heavy atom. The summed E-state index contributed by atoms with van der Waals surface area (Å²) in [5.41, 5.74) is 4.96. The van der Waals surface area contributed by atoms with Crippen molar-refractivity contribution in [2.24, 2.45) is 5.92 Å². The highest BCUT2D eigenvalue weighted by molar-refractivity contribution is 5.82. The standard InChI is InChI=1S/C23H27NO2/c1-17-18(9-6-10-22(17)19-7-4-3-5-8-19)12-14-23(26)20-11-13-21(16-25)24(2)15-20/h3-10,16,20-21H,11-15H2,1-2H3. The van der Waals surface area contributed by atoms with Crippen LogP contribution in [0.2, 0.25) is 0 Å². The van der Waals surface area contributed by atoms with Crippen molar-refractivity contribution in [1.29, 1.82) is 0 Å². The summed E-state index contributed by atoms with van der Waals surface area (Å²) in [7, 11) is 1.94. The van der Waals surface area contributed by atoms with Crippen LogP contribution in [0.1, 0.15) is 30.4 Å². The summed E-state index contributed by atoms with van der Waals surface area (Å²) in [6.07, 6.45) is 3.97. The van der Waals surface area contributed by atoms with Gasteiger partial charge in [-0.2, -0.15) is 0 Å². The third-order valence-electron chi connectivity index (χ3n) is 5.67. The number of ketones is 1. The molecule has 2 atom stereocenters. The van der Waals surface area contributed by atoms with Crippen LogP contribution in [0.3, 0.4) is 0 Å². The summed E-state index contributed by atoms with van der Waals surface area (Å²) in [5.74, 6) is 0.388. The van der Waals surface area contributed by atoms with Crippen molar-refractivity contribution >= 4 is 12.1 Å². The lowest BCUT2D eigenvalue weighted by Gasteiger charge is -2.33. The summed E-state index contributed by atoms with van der Waals surface area (Å²) in [5, 5.41) is 0. The van der Waals surface area contributed by atoms with Crippen molar-refractivity contribution < 1.29 is 9.59 Å². The number of hydrogen-bond donors (Lipinski definition) is 0. The van der Waals surface area contributed by atoms with Crippen LogP contribution in [0.15, 0.2) is 48.5 Å². The third-order valence-corrected chi connectivity index (χ3v) is 5.67. The van der Waals surface area contributed by atoms with Crippen LogP contribution in [0.5, 0.6) is 0 Å². The monoisotopic (exact) mass is 349 g/mol. The van der Waals surface area contributed by atoms with Gasteiger partial charge in [0.2, 0.25) is 0 Å². The van der Waals surface area contributed by atoms with E-state index in [0.29, 0.717) is 18.7 Å². The molecule has 2 aromatic rings. The van der Waals surface area contributed by atoms with Crippen molar-refractivity contribution in [1.82, 2.24) is 4.90 Å². The maximum Gasteiger partial charge on any atom is 0.137 e. The minimum atomic E-state index is -0.0242. The molecule has 3 heteroatoms. The maximum atomic E-state index is 12.7. The van der Waals surface area contributed by atoms with Gasteiger partial charge in [0.1, 0.15) is 12.1 Å². The topological polar surface area (TPSA) is 37.4 Å². The molecule has 26 heavy (non-hydrogen) atoms. The average molecular weight is 349 g/mol. The van der Waals surface area contributed by atoms with Gasteiger partial charge in [0.15, 0.2) is 0 Å². The van der Waals surface area contributed by atoms with Crippen molar-refractivity contribution in [2.45, 2.75) is 38.6 Å². The van der Waals surface area contributed by atoms with Gasteiger partial charge in [-0.05, 0) is 55.5 Å². The zero-order valence-electron chi connectivity index (χ0n) is 15.7. The average Bonchev–Trinajstić information content (AvgIpc) is 2.67. The molecule has 0 bridgehead atoms.